The number of carbonyl (C=O) groups is 1. The largest absolute Gasteiger partial charge is 0.298 e. The van der Waals surface area contributed by atoms with Crippen molar-refractivity contribution in [2.24, 2.45) is 0 Å². The standard InChI is InChI=1S/C10H10ClFOS/c1-6(13)10(11)8-4-3-7(12)5-9(8)14-2/h3-5,10H,1-2H3. The van der Waals surface area contributed by atoms with Gasteiger partial charge in [-0.3, -0.25) is 4.79 Å². The fourth-order valence-corrected chi connectivity index (χ4v) is 2.02. The molecule has 1 atom stereocenters. The van der Waals surface area contributed by atoms with Gasteiger partial charge in [0.2, 0.25) is 0 Å². The zero-order valence-electron chi connectivity index (χ0n) is 7.88. The lowest BCUT2D eigenvalue weighted by Gasteiger charge is -2.10. The lowest BCUT2D eigenvalue weighted by atomic mass is 10.1. The highest BCUT2D eigenvalue weighted by molar-refractivity contribution is 7.98. The highest BCUT2D eigenvalue weighted by atomic mass is 35.5. The molecule has 0 saturated carbocycles. The van der Waals surface area contributed by atoms with Crippen molar-refractivity contribution in [2.45, 2.75) is 17.2 Å². The molecule has 1 aromatic rings. The third kappa shape index (κ3) is 2.49. The zero-order chi connectivity index (χ0) is 10.7. The SMILES string of the molecule is CSc1cc(F)ccc1C(Cl)C(C)=O. The van der Waals surface area contributed by atoms with Crippen molar-refractivity contribution in [3.05, 3.63) is 29.6 Å². The first-order valence-electron chi connectivity index (χ1n) is 4.04. The molecule has 0 saturated heterocycles. The predicted molar refractivity (Wildman–Crippen MR) is 57.5 cm³/mol. The number of alkyl halides is 1. The van der Waals surface area contributed by atoms with E-state index in [1.807, 2.05) is 6.26 Å². The van der Waals surface area contributed by atoms with Crippen molar-refractivity contribution in [2.75, 3.05) is 6.26 Å². The second-order valence-corrected chi connectivity index (χ2v) is 4.14. The first-order valence-corrected chi connectivity index (χ1v) is 5.70. The van der Waals surface area contributed by atoms with Crippen LogP contribution in [0.2, 0.25) is 0 Å². The third-order valence-electron chi connectivity index (χ3n) is 1.83. The van der Waals surface area contributed by atoms with Crippen molar-refractivity contribution < 1.29 is 9.18 Å². The summed E-state index contributed by atoms with van der Waals surface area (Å²) >= 11 is 7.27. The van der Waals surface area contributed by atoms with Crippen LogP contribution in [0.25, 0.3) is 0 Å². The van der Waals surface area contributed by atoms with E-state index in [9.17, 15) is 9.18 Å². The molecule has 0 radical (unpaired) electrons. The number of carbonyl (C=O) groups excluding carboxylic acids is 1. The van der Waals surface area contributed by atoms with Crippen LogP contribution in [-0.4, -0.2) is 12.0 Å². The number of benzene rings is 1. The molecule has 0 amide bonds. The lowest BCUT2D eigenvalue weighted by Crippen LogP contribution is -2.03. The van der Waals surface area contributed by atoms with Crippen LogP contribution in [0.3, 0.4) is 0 Å². The van der Waals surface area contributed by atoms with Crippen LogP contribution in [0, 0.1) is 5.82 Å². The van der Waals surface area contributed by atoms with Gasteiger partial charge in [-0.05, 0) is 30.9 Å². The molecule has 1 aromatic carbocycles. The molecule has 0 aliphatic rings. The summed E-state index contributed by atoms with van der Waals surface area (Å²) in [6, 6.07) is 4.26. The Balaban J connectivity index is 3.13. The molecule has 0 N–H and O–H groups in total. The van der Waals surface area contributed by atoms with Gasteiger partial charge in [0.05, 0.1) is 0 Å². The minimum atomic E-state index is -0.682. The van der Waals surface area contributed by atoms with Crippen molar-refractivity contribution in [1.29, 1.82) is 0 Å². The van der Waals surface area contributed by atoms with Gasteiger partial charge < -0.3 is 0 Å². The Labute approximate surface area is 91.6 Å². The number of hydrogen-bond acceptors (Lipinski definition) is 2. The minimum absolute atomic E-state index is 0.131. The average molecular weight is 233 g/mol. The molecule has 0 heterocycles. The van der Waals surface area contributed by atoms with Crippen LogP contribution in [0.15, 0.2) is 23.1 Å². The molecule has 0 spiro atoms. The molecule has 76 valence electrons. The number of thioether (sulfide) groups is 1. The first-order chi connectivity index (χ1) is 6.56. The summed E-state index contributed by atoms with van der Waals surface area (Å²) in [7, 11) is 0. The average Bonchev–Trinajstić information content (AvgIpc) is 2.16. The summed E-state index contributed by atoms with van der Waals surface area (Å²) in [5, 5.41) is -0.682. The summed E-state index contributed by atoms with van der Waals surface area (Å²) in [5.41, 5.74) is 0.674. The van der Waals surface area contributed by atoms with E-state index in [4.69, 9.17) is 11.6 Å². The molecule has 0 aliphatic carbocycles. The van der Waals surface area contributed by atoms with E-state index >= 15 is 0 Å². The summed E-state index contributed by atoms with van der Waals surface area (Å²) < 4.78 is 12.9. The second-order valence-electron chi connectivity index (χ2n) is 2.86. The number of halogens is 2. The van der Waals surface area contributed by atoms with Crippen LogP contribution >= 0.6 is 23.4 Å². The number of Topliss-reactive ketones (excluding diaryl/α,β-unsaturated/α-hetero) is 1. The number of hydrogen-bond donors (Lipinski definition) is 0. The maximum atomic E-state index is 12.9. The van der Waals surface area contributed by atoms with E-state index < -0.39 is 5.38 Å². The van der Waals surface area contributed by atoms with Crippen molar-refractivity contribution in [3.8, 4) is 0 Å². The molecule has 1 unspecified atom stereocenters. The molecule has 1 nitrogen and oxygen atoms in total. The molecule has 4 heteroatoms. The Kier molecular flexibility index (Phi) is 3.96. The Morgan fingerprint density at radius 2 is 2.21 bits per heavy atom. The maximum absolute atomic E-state index is 12.9. The predicted octanol–water partition coefficient (Wildman–Crippen LogP) is 3.42. The first kappa shape index (κ1) is 11.5. The third-order valence-corrected chi connectivity index (χ3v) is 3.16. The highest BCUT2D eigenvalue weighted by Gasteiger charge is 2.16. The Hall–Kier alpha value is -0.540. The summed E-state index contributed by atoms with van der Waals surface area (Å²) in [6.07, 6.45) is 1.82. The molecule has 0 fully saturated rings. The fraction of sp³-hybridized carbons (Fsp3) is 0.300. The van der Waals surface area contributed by atoms with E-state index in [1.165, 1.54) is 30.8 Å². The summed E-state index contributed by atoms with van der Waals surface area (Å²) in [4.78, 5) is 11.8. The van der Waals surface area contributed by atoms with Gasteiger partial charge in [-0.2, -0.15) is 0 Å². The molecular formula is C10H10ClFOS. The molecule has 14 heavy (non-hydrogen) atoms. The Bertz CT molecular complexity index is 354. The van der Waals surface area contributed by atoms with E-state index in [2.05, 4.69) is 0 Å². The fourth-order valence-electron chi connectivity index (χ4n) is 1.11. The van der Waals surface area contributed by atoms with E-state index in [0.717, 1.165) is 0 Å². The molecule has 0 aromatic heterocycles. The lowest BCUT2D eigenvalue weighted by molar-refractivity contribution is -0.116. The highest BCUT2D eigenvalue weighted by Crippen LogP contribution is 2.30. The van der Waals surface area contributed by atoms with Crippen molar-refractivity contribution >= 4 is 29.1 Å². The van der Waals surface area contributed by atoms with Crippen molar-refractivity contribution in [3.63, 3.8) is 0 Å². The van der Waals surface area contributed by atoms with Gasteiger partial charge in [-0.15, -0.1) is 23.4 Å². The van der Waals surface area contributed by atoms with E-state index in [1.54, 1.807) is 6.07 Å². The van der Waals surface area contributed by atoms with Crippen molar-refractivity contribution in [1.82, 2.24) is 0 Å². The second kappa shape index (κ2) is 4.80. The molecule has 1 rings (SSSR count). The number of rotatable bonds is 3. The number of ketones is 1. The Morgan fingerprint density at radius 1 is 1.57 bits per heavy atom. The van der Waals surface area contributed by atoms with Crippen LogP contribution in [0.5, 0.6) is 0 Å². The van der Waals surface area contributed by atoms with E-state index in [-0.39, 0.29) is 11.6 Å². The quantitative estimate of drug-likeness (QED) is 0.587. The van der Waals surface area contributed by atoms with Crippen LogP contribution in [0.1, 0.15) is 17.9 Å². The molecular weight excluding hydrogens is 223 g/mol. The van der Waals surface area contributed by atoms with Crippen LogP contribution in [-0.2, 0) is 4.79 Å². The Morgan fingerprint density at radius 3 is 2.71 bits per heavy atom. The summed E-state index contributed by atoms with van der Waals surface area (Å²) in [5.74, 6) is -0.445. The van der Waals surface area contributed by atoms with E-state index in [0.29, 0.717) is 10.5 Å². The monoisotopic (exact) mass is 232 g/mol. The molecule has 0 aliphatic heterocycles. The van der Waals surface area contributed by atoms with Gasteiger partial charge in [-0.25, -0.2) is 4.39 Å². The topological polar surface area (TPSA) is 17.1 Å². The van der Waals surface area contributed by atoms with Gasteiger partial charge in [0.1, 0.15) is 11.2 Å². The summed E-state index contributed by atoms with van der Waals surface area (Å²) in [6.45, 7) is 1.42. The van der Waals surface area contributed by atoms with Gasteiger partial charge in [-0.1, -0.05) is 6.07 Å². The van der Waals surface area contributed by atoms with Gasteiger partial charge in [0.25, 0.3) is 0 Å². The van der Waals surface area contributed by atoms with Gasteiger partial charge in [0, 0.05) is 4.90 Å². The normalized spacial score (nSPS) is 12.6. The molecule has 0 bridgehead atoms. The van der Waals surface area contributed by atoms with Crippen LogP contribution < -0.4 is 0 Å². The maximum Gasteiger partial charge on any atom is 0.152 e. The van der Waals surface area contributed by atoms with Crippen LogP contribution in [0.4, 0.5) is 4.39 Å². The minimum Gasteiger partial charge on any atom is -0.298 e. The van der Waals surface area contributed by atoms with Gasteiger partial charge >= 0.3 is 0 Å². The smallest absolute Gasteiger partial charge is 0.152 e. The zero-order valence-corrected chi connectivity index (χ0v) is 9.45. The van der Waals surface area contributed by atoms with Gasteiger partial charge in [0.15, 0.2) is 5.78 Å².